The number of rotatable bonds is 2. The van der Waals surface area contributed by atoms with Gasteiger partial charge in [-0.1, -0.05) is 23.7 Å². The van der Waals surface area contributed by atoms with Crippen LogP contribution in [0.25, 0.3) is 10.9 Å². The standard InChI is InChI=1S/C9H7NO.C7H4ClNO4/c11-8-5-1-3-7-4-2-6-10-9(7)8;8-5-3-1-2-4(7(10)11)6(5)9(12)13/h1-6,11H;1-3H,(H,10,11). The number of pyridine rings is 1. The number of nitrogens with one attached hydrogen (secondary N) is 1. The van der Waals surface area contributed by atoms with Crippen LogP contribution >= 0.6 is 11.6 Å². The number of hydrogen-bond donors (Lipinski definition) is 1. The minimum absolute atomic E-state index is 0.216. The molecule has 2 N–H and O–H groups in total. The van der Waals surface area contributed by atoms with Gasteiger partial charge in [-0.05, 0) is 30.3 Å². The molecule has 0 aliphatic heterocycles. The number of benzene rings is 2. The maximum absolute atomic E-state index is 10.4. The minimum Gasteiger partial charge on any atom is -0.545 e. The first-order valence-corrected chi connectivity index (χ1v) is 7.02. The first-order valence-electron chi connectivity index (χ1n) is 6.64. The average Bonchev–Trinajstić information content (AvgIpc) is 2.55. The van der Waals surface area contributed by atoms with E-state index in [2.05, 4.69) is 4.98 Å². The zero-order valence-electron chi connectivity index (χ0n) is 12.1. The molecule has 0 aliphatic rings. The number of aromatic carboxylic acids is 1. The summed E-state index contributed by atoms with van der Waals surface area (Å²) in [5, 5.41) is 30.9. The van der Waals surface area contributed by atoms with Crippen molar-refractivity contribution in [2.24, 2.45) is 0 Å². The van der Waals surface area contributed by atoms with Crippen LogP contribution in [0.4, 0.5) is 5.69 Å². The summed E-state index contributed by atoms with van der Waals surface area (Å²) in [4.78, 5) is 22.9. The van der Waals surface area contributed by atoms with Crippen molar-refractivity contribution >= 4 is 34.2 Å². The van der Waals surface area contributed by atoms with E-state index >= 15 is 0 Å². The lowest BCUT2D eigenvalue weighted by molar-refractivity contribution is -0.385. The summed E-state index contributed by atoms with van der Waals surface area (Å²) in [6.07, 6.45) is 1.79. The number of phenols is 1. The van der Waals surface area contributed by atoms with Crippen LogP contribution in [-0.2, 0) is 0 Å². The quantitative estimate of drug-likeness (QED) is 0.562. The molecule has 3 aromatic rings. The Bertz CT molecular complexity index is 909. The molecule has 0 saturated carbocycles. The number of aromatic nitrogens is 1. The molecule has 0 unspecified atom stereocenters. The number of phenolic OH excluding ortho intramolecular Hbond substituents is 1. The molecule has 0 fully saturated rings. The molecular formula is C16H11ClN2O5. The number of carboxylic acids is 1. The van der Waals surface area contributed by atoms with E-state index in [4.69, 9.17) is 11.6 Å². The molecule has 0 spiro atoms. The van der Waals surface area contributed by atoms with E-state index in [0.29, 0.717) is 5.75 Å². The Labute approximate surface area is 140 Å². The molecule has 0 amide bonds. The summed E-state index contributed by atoms with van der Waals surface area (Å²) in [5.41, 5.74) is -0.364. The van der Waals surface area contributed by atoms with Crippen molar-refractivity contribution in [3.63, 3.8) is 0 Å². The Morgan fingerprint density at radius 3 is 2.38 bits per heavy atom. The summed E-state index contributed by atoms with van der Waals surface area (Å²) < 4.78 is 0. The van der Waals surface area contributed by atoms with E-state index in [9.17, 15) is 25.1 Å². The van der Waals surface area contributed by atoms with Crippen LogP contribution in [0, 0.1) is 10.1 Å². The third-order valence-corrected chi connectivity index (χ3v) is 3.37. The highest BCUT2D eigenvalue weighted by atomic mass is 35.5. The number of aromatic hydroxyl groups is 1. The van der Waals surface area contributed by atoms with E-state index in [0.717, 1.165) is 17.0 Å². The summed E-state index contributed by atoms with van der Waals surface area (Å²) in [7, 11) is 0. The van der Waals surface area contributed by atoms with Crippen molar-refractivity contribution in [3.8, 4) is 5.75 Å². The van der Waals surface area contributed by atoms with Crippen LogP contribution < -0.4 is 10.1 Å². The highest BCUT2D eigenvalue weighted by molar-refractivity contribution is 6.33. The first-order chi connectivity index (χ1) is 11.4. The highest BCUT2D eigenvalue weighted by Crippen LogP contribution is 2.27. The van der Waals surface area contributed by atoms with Crippen molar-refractivity contribution in [1.29, 1.82) is 0 Å². The van der Waals surface area contributed by atoms with Crippen LogP contribution in [-0.4, -0.2) is 16.0 Å². The molecule has 2 aromatic carbocycles. The molecule has 122 valence electrons. The van der Waals surface area contributed by atoms with Crippen molar-refractivity contribution < 1.29 is 24.9 Å². The number of carbonyl (C=O) groups is 1. The number of carbonyl (C=O) groups excluding carboxylic acids is 1. The monoisotopic (exact) mass is 346 g/mol. The van der Waals surface area contributed by atoms with E-state index < -0.39 is 22.1 Å². The largest absolute Gasteiger partial charge is 0.545 e. The number of nitro groups is 1. The van der Waals surface area contributed by atoms with Crippen LogP contribution in [0.5, 0.6) is 5.75 Å². The van der Waals surface area contributed by atoms with Gasteiger partial charge in [0.2, 0.25) is 0 Å². The van der Waals surface area contributed by atoms with Gasteiger partial charge in [-0.15, -0.1) is 0 Å². The SMILES string of the molecule is O=C([O-])c1cccc(Cl)c1[N+](=O)[O-].Oc1cccc2ccc[nH+]c12. The predicted octanol–water partition coefficient (Wildman–Crippen LogP) is 1.97. The van der Waals surface area contributed by atoms with E-state index in [1.165, 1.54) is 12.1 Å². The Kier molecular flexibility index (Phi) is 5.28. The first kappa shape index (κ1) is 17.2. The molecule has 3 rings (SSSR count). The number of fused-ring (bicyclic) bond motifs is 1. The number of carboxylic acid groups (broad SMARTS) is 1. The number of nitro benzene ring substituents is 1. The second-order valence-corrected chi connectivity index (χ2v) is 5.00. The molecule has 0 saturated heterocycles. The minimum atomic E-state index is -1.62. The Morgan fingerprint density at radius 1 is 1.12 bits per heavy atom. The van der Waals surface area contributed by atoms with Crippen molar-refractivity contribution in [2.45, 2.75) is 0 Å². The molecule has 0 atom stereocenters. The number of nitrogens with zero attached hydrogens (tertiary/aromatic N) is 1. The third-order valence-electron chi connectivity index (χ3n) is 3.06. The number of para-hydroxylation sites is 2. The molecule has 0 bridgehead atoms. The Hall–Kier alpha value is -3.19. The van der Waals surface area contributed by atoms with Gasteiger partial charge in [-0.25, -0.2) is 4.98 Å². The smallest absolute Gasteiger partial charge is 0.296 e. The topological polar surface area (TPSA) is 118 Å². The van der Waals surface area contributed by atoms with Gasteiger partial charge in [0.05, 0.1) is 21.8 Å². The summed E-state index contributed by atoms with van der Waals surface area (Å²) in [6.45, 7) is 0. The van der Waals surface area contributed by atoms with Gasteiger partial charge in [0.15, 0.2) is 11.9 Å². The molecule has 1 aromatic heterocycles. The Morgan fingerprint density at radius 2 is 1.79 bits per heavy atom. The molecule has 7 nitrogen and oxygen atoms in total. The number of hydrogen-bond acceptors (Lipinski definition) is 5. The van der Waals surface area contributed by atoms with E-state index in [-0.39, 0.29) is 5.02 Å². The lowest BCUT2D eigenvalue weighted by Crippen LogP contribution is -2.23. The van der Waals surface area contributed by atoms with Crippen LogP contribution in [0.3, 0.4) is 0 Å². The fraction of sp³-hybridized carbons (Fsp3) is 0. The molecular weight excluding hydrogens is 336 g/mol. The van der Waals surface area contributed by atoms with E-state index in [1.54, 1.807) is 12.3 Å². The van der Waals surface area contributed by atoms with Gasteiger partial charge in [-0.2, -0.15) is 0 Å². The molecule has 0 radical (unpaired) electrons. The predicted molar refractivity (Wildman–Crippen MR) is 84.6 cm³/mol. The van der Waals surface area contributed by atoms with Gasteiger partial charge < -0.3 is 15.0 Å². The maximum atomic E-state index is 10.4. The zero-order chi connectivity index (χ0) is 17.7. The van der Waals surface area contributed by atoms with Crippen LogP contribution in [0.2, 0.25) is 5.02 Å². The zero-order valence-corrected chi connectivity index (χ0v) is 12.9. The second kappa shape index (κ2) is 7.38. The maximum Gasteiger partial charge on any atom is 0.296 e. The van der Waals surface area contributed by atoms with Crippen LogP contribution in [0.1, 0.15) is 10.4 Å². The fourth-order valence-corrected chi connectivity index (χ4v) is 2.25. The van der Waals surface area contributed by atoms with E-state index in [1.807, 2.05) is 24.3 Å². The molecule has 8 heteroatoms. The fourth-order valence-electron chi connectivity index (χ4n) is 2.00. The van der Waals surface area contributed by atoms with Gasteiger partial charge in [0.1, 0.15) is 5.02 Å². The van der Waals surface area contributed by atoms with Gasteiger partial charge in [0, 0.05) is 6.07 Å². The highest BCUT2D eigenvalue weighted by Gasteiger charge is 2.18. The van der Waals surface area contributed by atoms with Crippen LogP contribution in [0.15, 0.2) is 54.7 Å². The lowest BCUT2D eigenvalue weighted by atomic mass is 10.2. The molecule has 0 aliphatic carbocycles. The summed E-state index contributed by atoms with van der Waals surface area (Å²) in [6, 6.07) is 12.9. The average molecular weight is 347 g/mol. The lowest BCUT2D eigenvalue weighted by Gasteiger charge is -2.03. The van der Waals surface area contributed by atoms with Gasteiger partial charge in [0.25, 0.3) is 11.2 Å². The normalized spacial score (nSPS) is 9.88. The van der Waals surface area contributed by atoms with Crippen molar-refractivity contribution in [3.05, 3.63) is 75.4 Å². The summed E-state index contributed by atoms with van der Waals surface area (Å²) >= 11 is 5.44. The van der Waals surface area contributed by atoms with Gasteiger partial charge >= 0.3 is 0 Å². The third kappa shape index (κ3) is 3.76. The number of halogens is 1. The number of aromatic amines is 1. The van der Waals surface area contributed by atoms with Crippen molar-refractivity contribution in [2.75, 3.05) is 0 Å². The second-order valence-electron chi connectivity index (χ2n) is 4.59. The van der Waals surface area contributed by atoms with Crippen molar-refractivity contribution in [1.82, 2.24) is 0 Å². The molecule has 24 heavy (non-hydrogen) atoms. The summed E-state index contributed by atoms with van der Waals surface area (Å²) in [5.74, 6) is -1.32. The van der Waals surface area contributed by atoms with Gasteiger partial charge in [-0.3, -0.25) is 10.1 Å². The molecule has 1 heterocycles. The number of H-pyrrole nitrogens is 1. The Balaban J connectivity index is 0.000000175.